The third kappa shape index (κ3) is 5.79. The molecule has 0 bridgehead atoms. The molecule has 10 heteroatoms. The zero-order valence-corrected chi connectivity index (χ0v) is 19.9. The first-order valence-corrected chi connectivity index (χ1v) is 11.9. The van der Waals surface area contributed by atoms with Gasteiger partial charge < -0.3 is 19.5 Å². The first-order chi connectivity index (χ1) is 15.9. The van der Waals surface area contributed by atoms with Gasteiger partial charge in [-0.15, -0.1) is 0 Å². The van der Waals surface area contributed by atoms with Gasteiger partial charge in [-0.3, -0.25) is 14.2 Å². The SMILES string of the molecule is CC(C)OCCCn1c(SCC(=O)Nc2ccc3c(c2)OCO3)nc2cc(Cl)ccc2c1=O. The van der Waals surface area contributed by atoms with E-state index in [2.05, 4.69) is 10.3 Å². The lowest BCUT2D eigenvalue weighted by Gasteiger charge is -2.14. The van der Waals surface area contributed by atoms with Crippen LogP contribution in [0, 0.1) is 0 Å². The van der Waals surface area contributed by atoms with E-state index < -0.39 is 0 Å². The molecular weight excluding hydrogens is 466 g/mol. The number of nitrogens with one attached hydrogen (secondary N) is 1. The van der Waals surface area contributed by atoms with Gasteiger partial charge in [-0.2, -0.15) is 0 Å². The number of aromatic nitrogens is 2. The Morgan fingerprint density at radius 1 is 1.24 bits per heavy atom. The highest BCUT2D eigenvalue weighted by atomic mass is 35.5. The molecule has 1 N–H and O–H groups in total. The van der Waals surface area contributed by atoms with E-state index in [1.54, 1.807) is 41.0 Å². The van der Waals surface area contributed by atoms with E-state index in [0.29, 0.717) is 57.8 Å². The van der Waals surface area contributed by atoms with Gasteiger partial charge in [0.25, 0.3) is 5.56 Å². The number of carbonyl (C=O) groups is 1. The van der Waals surface area contributed by atoms with Gasteiger partial charge in [0.2, 0.25) is 12.7 Å². The minimum Gasteiger partial charge on any atom is -0.454 e. The maximum atomic E-state index is 13.1. The Morgan fingerprint density at radius 2 is 2.06 bits per heavy atom. The number of carbonyl (C=O) groups excluding carboxylic acids is 1. The first kappa shape index (κ1) is 23.4. The third-order valence-electron chi connectivity index (χ3n) is 4.85. The van der Waals surface area contributed by atoms with Crippen LogP contribution in [-0.2, 0) is 16.1 Å². The fraction of sp³-hybridized carbons (Fsp3) is 0.348. The third-order valence-corrected chi connectivity index (χ3v) is 6.06. The van der Waals surface area contributed by atoms with Gasteiger partial charge >= 0.3 is 0 Å². The molecule has 0 atom stereocenters. The Morgan fingerprint density at radius 3 is 2.88 bits per heavy atom. The number of hydrogen-bond acceptors (Lipinski definition) is 7. The molecule has 0 aliphatic carbocycles. The van der Waals surface area contributed by atoms with Gasteiger partial charge in [0.1, 0.15) is 0 Å². The monoisotopic (exact) mass is 489 g/mol. The van der Waals surface area contributed by atoms with Gasteiger partial charge in [0.05, 0.1) is 22.8 Å². The number of hydrogen-bond donors (Lipinski definition) is 1. The van der Waals surface area contributed by atoms with E-state index in [-0.39, 0.29) is 30.1 Å². The van der Waals surface area contributed by atoms with Gasteiger partial charge in [0.15, 0.2) is 16.7 Å². The molecule has 174 valence electrons. The molecule has 8 nitrogen and oxygen atoms in total. The van der Waals surface area contributed by atoms with Crippen molar-refractivity contribution in [3.05, 3.63) is 51.8 Å². The number of benzene rings is 2. The maximum Gasteiger partial charge on any atom is 0.262 e. The number of amides is 1. The van der Waals surface area contributed by atoms with Crippen molar-refractivity contribution in [2.45, 2.75) is 38.1 Å². The molecule has 1 aliphatic heterocycles. The van der Waals surface area contributed by atoms with E-state index in [4.69, 9.17) is 25.8 Å². The van der Waals surface area contributed by atoms with Crippen LogP contribution in [0.1, 0.15) is 20.3 Å². The highest BCUT2D eigenvalue weighted by Crippen LogP contribution is 2.34. The molecule has 0 spiro atoms. The zero-order chi connectivity index (χ0) is 23.4. The van der Waals surface area contributed by atoms with Gasteiger partial charge in [0, 0.05) is 29.9 Å². The summed E-state index contributed by atoms with van der Waals surface area (Å²) in [6.07, 6.45) is 0.767. The normalized spacial score (nSPS) is 12.5. The lowest BCUT2D eigenvalue weighted by molar-refractivity contribution is -0.113. The average molecular weight is 490 g/mol. The largest absolute Gasteiger partial charge is 0.454 e. The Kier molecular flexibility index (Phi) is 7.42. The van der Waals surface area contributed by atoms with Crippen molar-refractivity contribution in [2.75, 3.05) is 24.5 Å². The maximum absolute atomic E-state index is 13.1. The number of rotatable bonds is 9. The van der Waals surface area contributed by atoms with Crippen LogP contribution in [0.5, 0.6) is 11.5 Å². The molecule has 0 fully saturated rings. The molecule has 3 aromatic rings. The highest BCUT2D eigenvalue weighted by molar-refractivity contribution is 7.99. The molecule has 1 amide bonds. The standard InChI is InChI=1S/C23H24ClN3O5S/c1-14(2)30-9-3-8-27-22(29)17-6-4-15(24)10-18(17)26-23(27)33-12-21(28)25-16-5-7-19-20(11-16)32-13-31-19/h4-7,10-11,14H,3,8-9,12-13H2,1-2H3,(H,25,28). The Labute approximate surface area is 200 Å². The van der Waals surface area contributed by atoms with Crippen LogP contribution in [0.2, 0.25) is 5.02 Å². The molecule has 0 saturated heterocycles. The molecule has 0 radical (unpaired) electrons. The average Bonchev–Trinajstić information content (AvgIpc) is 3.24. The molecule has 0 saturated carbocycles. The first-order valence-electron chi connectivity index (χ1n) is 10.5. The fourth-order valence-corrected chi connectivity index (χ4v) is 4.32. The summed E-state index contributed by atoms with van der Waals surface area (Å²) in [5.74, 6) is 1.09. The van der Waals surface area contributed by atoms with Crippen molar-refractivity contribution in [2.24, 2.45) is 0 Å². The molecule has 0 unspecified atom stereocenters. The number of thioether (sulfide) groups is 1. The van der Waals surface area contributed by atoms with Crippen LogP contribution in [0.3, 0.4) is 0 Å². The summed E-state index contributed by atoms with van der Waals surface area (Å²) in [4.78, 5) is 30.3. The number of nitrogens with zero attached hydrogens (tertiary/aromatic N) is 2. The molecule has 33 heavy (non-hydrogen) atoms. The van der Waals surface area contributed by atoms with Gasteiger partial charge in [-0.05, 0) is 50.6 Å². The quantitative estimate of drug-likeness (QED) is 0.272. The minimum absolute atomic E-state index is 0.0788. The Bertz CT molecular complexity index is 1230. The molecule has 1 aromatic heterocycles. The Hall–Kier alpha value is -2.75. The van der Waals surface area contributed by atoms with Crippen molar-refractivity contribution in [3.8, 4) is 11.5 Å². The van der Waals surface area contributed by atoms with Crippen LogP contribution in [-0.4, -0.2) is 40.7 Å². The fourth-order valence-electron chi connectivity index (χ4n) is 3.32. The van der Waals surface area contributed by atoms with Crippen molar-refractivity contribution < 1.29 is 19.0 Å². The summed E-state index contributed by atoms with van der Waals surface area (Å²) in [5, 5.41) is 4.27. The molecule has 2 heterocycles. The summed E-state index contributed by atoms with van der Waals surface area (Å²) in [7, 11) is 0. The minimum atomic E-state index is -0.228. The second-order valence-corrected chi connectivity index (χ2v) is 9.07. The van der Waals surface area contributed by atoms with Crippen molar-refractivity contribution in [1.82, 2.24) is 9.55 Å². The van der Waals surface area contributed by atoms with E-state index >= 15 is 0 Å². The highest BCUT2D eigenvalue weighted by Gasteiger charge is 2.16. The van der Waals surface area contributed by atoms with Crippen LogP contribution in [0.15, 0.2) is 46.3 Å². The Balaban J connectivity index is 1.50. The smallest absolute Gasteiger partial charge is 0.262 e. The summed E-state index contributed by atoms with van der Waals surface area (Å²) in [6.45, 7) is 5.06. The summed E-state index contributed by atoms with van der Waals surface area (Å²) >= 11 is 7.30. The van der Waals surface area contributed by atoms with E-state index in [1.165, 1.54) is 11.8 Å². The van der Waals surface area contributed by atoms with Crippen LogP contribution in [0.25, 0.3) is 10.9 Å². The van der Waals surface area contributed by atoms with Crippen molar-refractivity contribution in [1.29, 1.82) is 0 Å². The number of anilines is 1. The summed E-state index contributed by atoms with van der Waals surface area (Å²) < 4.78 is 17.8. The van der Waals surface area contributed by atoms with Gasteiger partial charge in [-0.1, -0.05) is 23.4 Å². The topological polar surface area (TPSA) is 91.7 Å². The molecule has 2 aromatic carbocycles. The molecular formula is C23H24ClN3O5S. The predicted molar refractivity (Wildman–Crippen MR) is 129 cm³/mol. The van der Waals surface area contributed by atoms with Crippen LogP contribution in [0.4, 0.5) is 5.69 Å². The van der Waals surface area contributed by atoms with Crippen LogP contribution >= 0.6 is 23.4 Å². The van der Waals surface area contributed by atoms with E-state index in [9.17, 15) is 9.59 Å². The summed E-state index contributed by atoms with van der Waals surface area (Å²) in [6, 6.07) is 10.2. The van der Waals surface area contributed by atoms with E-state index in [0.717, 1.165) is 0 Å². The van der Waals surface area contributed by atoms with Crippen molar-refractivity contribution in [3.63, 3.8) is 0 Å². The predicted octanol–water partition coefficient (Wildman–Crippen LogP) is 4.32. The van der Waals surface area contributed by atoms with Gasteiger partial charge in [-0.25, -0.2) is 4.98 Å². The second-order valence-electron chi connectivity index (χ2n) is 7.69. The van der Waals surface area contributed by atoms with Crippen LogP contribution < -0.4 is 20.3 Å². The number of ether oxygens (including phenoxy) is 3. The summed E-state index contributed by atoms with van der Waals surface area (Å²) in [5.41, 5.74) is 0.937. The lowest BCUT2D eigenvalue weighted by Crippen LogP contribution is -2.25. The number of halogens is 1. The van der Waals surface area contributed by atoms with E-state index in [1.807, 2.05) is 13.8 Å². The van der Waals surface area contributed by atoms with Crippen molar-refractivity contribution >= 4 is 45.9 Å². The lowest BCUT2D eigenvalue weighted by atomic mass is 10.2. The zero-order valence-electron chi connectivity index (χ0n) is 18.3. The second kappa shape index (κ2) is 10.5. The molecule has 4 rings (SSSR count). The molecule has 1 aliphatic rings. The number of fused-ring (bicyclic) bond motifs is 2.